The van der Waals surface area contributed by atoms with Crippen molar-refractivity contribution in [2.24, 2.45) is 5.73 Å². The number of thioether (sulfide) groups is 1. The highest BCUT2D eigenvalue weighted by molar-refractivity contribution is 7.99. The van der Waals surface area contributed by atoms with E-state index in [1.165, 1.54) is 38.5 Å². The van der Waals surface area contributed by atoms with Crippen LogP contribution in [-0.2, 0) is 11.2 Å². The standard InChI is InChI=1S/C15H25N3OS/c1-15(9-5-4-8-12(15)16)14-17-13(18-19-14)10-20-11-6-2-3-7-11/h11-12H,2-10,16H2,1H3. The molecule has 2 aliphatic rings. The molecule has 0 spiro atoms. The Morgan fingerprint density at radius 3 is 2.75 bits per heavy atom. The van der Waals surface area contributed by atoms with Crippen molar-refractivity contribution in [3.63, 3.8) is 0 Å². The van der Waals surface area contributed by atoms with Gasteiger partial charge in [-0.2, -0.15) is 16.7 Å². The summed E-state index contributed by atoms with van der Waals surface area (Å²) >= 11 is 1.98. The molecule has 0 radical (unpaired) electrons. The first kappa shape index (κ1) is 14.4. The molecule has 2 aliphatic carbocycles. The molecule has 2 fully saturated rings. The minimum Gasteiger partial charge on any atom is -0.339 e. The second-order valence-electron chi connectivity index (χ2n) is 6.50. The van der Waals surface area contributed by atoms with Crippen molar-refractivity contribution >= 4 is 11.8 Å². The Labute approximate surface area is 125 Å². The van der Waals surface area contributed by atoms with E-state index in [1.807, 2.05) is 11.8 Å². The van der Waals surface area contributed by atoms with Crippen LogP contribution in [0.5, 0.6) is 0 Å². The lowest BCUT2D eigenvalue weighted by Gasteiger charge is -2.35. The van der Waals surface area contributed by atoms with Crippen LogP contribution in [0.3, 0.4) is 0 Å². The predicted molar refractivity (Wildman–Crippen MR) is 81.6 cm³/mol. The lowest BCUT2D eigenvalue weighted by Crippen LogP contribution is -2.45. The molecule has 3 rings (SSSR count). The summed E-state index contributed by atoms with van der Waals surface area (Å²) in [4.78, 5) is 4.64. The summed E-state index contributed by atoms with van der Waals surface area (Å²) in [5, 5.41) is 4.97. The fraction of sp³-hybridized carbons (Fsp3) is 0.867. The molecule has 112 valence electrons. The predicted octanol–water partition coefficient (Wildman–Crippen LogP) is 3.40. The van der Waals surface area contributed by atoms with Crippen LogP contribution in [0.1, 0.15) is 70.0 Å². The van der Waals surface area contributed by atoms with Crippen molar-refractivity contribution in [3.8, 4) is 0 Å². The molecular weight excluding hydrogens is 270 g/mol. The highest BCUT2D eigenvalue weighted by atomic mass is 32.2. The Balaban J connectivity index is 1.63. The minimum absolute atomic E-state index is 0.123. The first-order valence-electron chi connectivity index (χ1n) is 7.89. The van der Waals surface area contributed by atoms with E-state index in [2.05, 4.69) is 17.1 Å². The van der Waals surface area contributed by atoms with Gasteiger partial charge in [0.2, 0.25) is 5.89 Å². The summed E-state index contributed by atoms with van der Waals surface area (Å²) in [7, 11) is 0. The summed E-state index contributed by atoms with van der Waals surface area (Å²) in [6, 6.07) is 0.145. The molecule has 2 unspecified atom stereocenters. The number of aromatic nitrogens is 2. The van der Waals surface area contributed by atoms with Gasteiger partial charge in [0.1, 0.15) is 0 Å². The number of hydrogen-bond donors (Lipinski definition) is 1. The summed E-state index contributed by atoms with van der Waals surface area (Å²) < 4.78 is 5.54. The highest BCUT2D eigenvalue weighted by Crippen LogP contribution is 2.38. The van der Waals surface area contributed by atoms with E-state index >= 15 is 0 Å². The molecule has 0 saturated heterocycles. The molecule has 2 N–H and O–H groups in total. The maximum absolute atomic E-state index is 6.30. The molecule has 0 aliphatic heterocycles. The molecule has 2 saturated carbocycles. The molecule has 1 aromatic rings. The van der Waals surface area contributed by atoms with Gasteiger partial charge in [0.15, 0.2) is 5.82 Å². The molecule has 0 aromatic carbocycles. The van der Waals surface area contributed by atoms with Gasteiger partial charge in [0.05, 0.1) is 11.2 Å². The zero-order valence-corrected chi connectivity index (χ0v) is 13.1. The topological polar surface area (TPSA) is 64.9 Å². The van der Waals surface area contributed by atoms with Gasteiger partial charge in [-0.25, -0.2) is 0 Å². The lowest BCUT2D eigenvalue weighted by atomic mass is 9.72. The molecular formula is C15H25N3OS. The number of nitrogens with zero attached hydrogens (tertiary/aromatic N) is 2. The average molecular weight is 295 g/mol. The molecule has 20 heavy (non-hydrogen) atoms. The van der Waals surface area contributed by atoms with Crippen molar-refractivity contribution in [1.29, 1.82) is 0 Å². The Kier molecular flexibility index (Phi) is 4.36. The van der Waals surface area contributed by atoms with Crippen LogP contribution in [0, 0.1) is 0 Å². The van der Waals surface area contributed by atoms with E-state index in [4.69, 9.17) is 10.3 Å². The summed E-state index contributed by atoms with van der Waals surface area (Å²) in [6.45, 7) is 2.18. The zero-order chi connectivity index (χ0) is 14.0. The van der Waals surface area contributed by atoms with E-state index in [-0.39, 0.29) is 11.5 Å². The third-order valence-corrected chi connectivity index (χ3v) is 6.35. The van der Waals surface area contributed by atoms with Crippen LogP contribution in [-0.4, -0.2) is 21.4 Å². The fourth-order valence-corrected chi connectivity index (χ4v) is 4.59. The van der Waals surface area contributed by atoms with Gasteiger partial charge in [-0.1, -0.05) is 30.8 Å². The van der Waals surface area contributed by atoms with Crippen molar-refractivity contribution in [3.05, 3.63) is 11.7 Å². The average Bonchev–Trinajstić information content (AvgIpc) is 3.10. The molecule has 4 nitrogen and oxygen atoms in total. The highest BCUT2D eigenvalue weighted by Gasteiger charge is 2.40. The van der Waals surface area contributed by atoms with Crippen LogP contribution in [0.4, 0.5) is 0 Å². The zero-order valence-electron chi connectivity index (χ0n) is 12.3. The molecule has 0 bridgehead atoms. The van der Waals surface area contributed by atoms with Gasteiger partial charge in [0, 0.05) is 11.3 Å². The second kappa shape index (κ2) is 6.06. The van der Waals surface area contributed by atoms with Gasteiger partial charge in [-0.05, 0) is 32.6 Å². The number of hydrogen-bond acceptors (Lipinski definition) is 5. The number of nitrogens with two attached hydrogens (primary N) is 1. The molecule has 1 aromatic heterocycles. The van der Waals surface area contributed by atoms with Crippen molar-refractivity contribution in [2.75, 3.05) is 0 Å². The third kappa shape index (κ3) is 2.89. The normalized spacial score (nSPS) is 31.8. The van der Waals surface area contributed by atoms with Gasteiger partial charge in [-0.3, -0.25) is 0 Å². The minimum atomic E-state index is -0.123. The van der Waals surface area contributed by atoms with Gasteiger partial charge >= 0.3 is 0 Å². The quantitative estimate of drug-likeness (QED) is 0.922. The molecule has 2 atom stereocenters. The Morgan fingerprint density at radius 2 is 2.00 bits per heavy atom. The maximum atomic E-state index is 6.30. The smallest absolute Gasteiger partial charge is 0.234 e. The summed E-state index contributed by atoms with van der Waals surface area (Å²) in [6.07, 6.45) is 9.99. The largest absolute Gasteiger partial charge is 0.339 e. The van der Waals surface area contributed by atoms with Crippen LogP contribution in [0.25, 0.3) is 0 Å². The molecule has 1 heterocycles. The van der Waals surface area contributed by atoms with Crippen LogP contribution in [0.15, 0.2) is 4.52 Å². The first-order valence-corrected chi connectivity index (χ1v) is 8.93. The third-order valence-electron chi connectivity index (χ3n) is 4.99. The van der Waals surface area contributed by atoms with Gasteiger partial charge in [0.25, 0.3) is 0 Å². The van der Waals surface area contributed by atoms with Gasteiger partial charge in [-0.15, -0.1) is 0 Å². The van der Waals surface area contributed by atoms with E-state index < -0.39 is 0 Å². The van der Waals surface area contributed by atoms with Crippen LogP contribution >= 0.6 is 11.8 Å². The van der Waals surface area contributed by atoms with E-state index in [0.717, 1.165) is 35.6 Å². The summed E-state index contributed by atoms with van der Waals surface area (Å²) in [5.41, 5.74) is 6.17. The Bertz CT molecular complexity index is 444. The lowest BCUT2D eigenvalue weighted by molar-refractivity contribution is 0.203. The molecule has 5 heteroatoms. The fourth-order valence-electron chi connectivity index (χ4n) is 3.42. The van der Waals surface area contributed by atoms with Crippen molar-refractivity contribution in [1.82, 2.24) is 10.1 Å². The monoisotopic (exact) mass is 295 g/mol. The van der Waals surface area contributed by atoms with E-state index in [0.29, 0.717) is 0 Å². The van der Waals surface area contributed by atoms with Crippen LogP contribution < -0.4 is 5.73 Å². The second-order valence-corrected chi connectivity index (χ2v) is 7.79. The Hall–Kier alpha value is -0.550. The molecule has 0 amide bonds. The maximum Gasteiger partial charge on any atom is 0.234 e. The van der Waals surface area contributed by atoms with Crippen LogP contribution in [0.2, 0.25) is 0 Å². The van der Waals surface area contributed by atoms with Gasteiger partial charge < -0.3 is 10.3 Å². The Morgan fingerprint density at radius 1 is 1.25 bits per heavy atom. The van der Waals surface area contributed by atoms with E-state index in [1.54, 1.807) is 0 Å². The SMILES string of the molecule is CC1(c2nc(CSC3CCCC3)no2)CCCCC1N. The first-order chi connectivity index (χ1) is 9.68. The van der Waals surface area contributed by atoms with E-state index in [9.17, 15) is 0 Å². The number of rotatable bonds is 4. The summed E-state index contributed by atoms with van der Waals surface area (Å²) in [5.74, 6) is 2.47. The van der Waals surface area contributed by atoms with Crippen molar-refractivity contribution < 1.29 is 4.52 Å². The van der Waals surface area contributed by atoms with Crippen molar-refractivity contribution in [2.45, 2.75) is 80.7 Å².